The van der Waals surface area contributed by atoms with Gasteiger partial charge in [-0.05, 0) is 30.5 Å². The van der Waals surface area contributed by atoms with E-state index in [2.05, 4.69) is 9.55 Å². The number of nitrogens with zero attached hydrogens (tertiary/aromatic N) is 2. The van der Waals surface area contributed by atoms with Gasteiger partial charge in [0.25, 0.3) is 0 Å². The zero-order valence-corrected chi connectivity index (χ0v) is 9.10. The van der Waals surface area contributed by atoms with Crippen LogP contribution in [0.1, 0.15) is 29.6 Å². The maximum atomic E-state index is 10.7. The summed E-state index contributed by atoms with van der Waals surface area (Å²) in [6.07, 6.45) is 6.76. The molecule has 0 N–H and O–H groups in total. The summed E-state index contributed by atoms with van der Waals surface area (Å²) in [6.45, 7) is 1.02. The minimum atomic E-state index is 0.723. The molecule has 1 heterocycles. The van der Waals surface area contributed by atoms with Crippen LogP contribution < -0.4 is 0 Å². The number of hydrogen-bond acceptors (Lipinski definition) is 2. The van der Waals surface area contributed by atoms with Crippen molar-refractivity contribution in [3.63, 3.8) is 0 Å². The Labute approximate surface area is 94.1 Å². The molecule has 1 fully saturated rings. The van der Waals surface area contributed by atoms with Crippen molar-refractivity contribution in [1.82, 2.24) is 9.55 Å². The van der Waals surface area contributed by atoms with E-state index in [0.29, 0.717) is 0 Å². The first kappa shape index (κ1) is 9.58. The molecule has 0 atom stereocenters. The second-order valence-electron chi connectivity index (χ2n) is 4.54. The number of aryl methyl sites for hydroxylation is 1. The van der Waals surface area contributed by atoms with Crippen molar-refractivity contribution in [2.75, 3.05) is 0 Å². The SMILES string of the molecule is O=Cc1ccc2ncn(CCC3CC3)c2c1. The summed E-state index contributed by atoms with van der Waals surface area (Å²) in [4.78, 5) is 15.1. The minimum Gasteiger partial charge on any atom is -0.331 e. The van der Waals surface area contributed by atoms with E-state index in [4.69, 9.17) is 0 Å². The van der Waals surface area contributed by atoms with E-state index in [9.17, 15) is 4.79 Å². The first-order chi connectivity index (χ1) is 7.86. The number of imidazole rings is 1. The predicted octanol–water partition coefficient (Wildman–Crippen LogP) is 2.65. The van der Waals surface area contributed by atoms with Crippen LogP contribution in [0.2, 0.25) is 0 Å². The van der Waals surface area contributed by atoms with Gasteiger partial charge in [0.1, 0.15) is 6.29 Å². The molecule has 16 heavy (non-hydrogen) atoms. The molecular weight excluding hydrogens is 200 g/mol. The summed E-state index contributed by atoms with van der Waals surface area (Å²) in [5, 5.41) is 0. The average Bonchev–Trinajstić information content (AvgIpc) is 3.06. The van der Waals surface area contributed by atoms with Gasteiger partial charge in [0, 0.05) is 12.1 Å². The van der Waals surface area contributed by atoms with E-state index >= 15 is 0 Å². The second-order valence-corrected chi connectivity index (χ2v) is 4.54. The van der Waals surface area contributed by atoms with Gasteiger partial charge in [-0.25, -0.2) is 4.98 Å². The third kappa shape index (κ3) is 1.73. The molecule has 1 aliphatic carbocycles. The fourth-order valence-electron chi connectivity index (χ4n) is 2.05. The van der Waals surface area contributed by atoms with Crippen LogP contribution in [-0.4, -0.2) is 15.8 Å². The lowest BCUT2D eigenvalue weighted by Crippen LogP contribution is -1.97. The molecule has 0 aliphatic heterocycles. The van der Waals surface area contributed by atoms with Gasteiger partial charge in [-0.15, -0.1) is 0 Å². The number of rotatable bonds is 4. The fraction of sp³-hybridized carbons (Fsp3) is 0.385. The maximum Gasteiger partial charge on any atom is 0.150 e. The smallest absolute Gasteiger partial charge is 0.150 e. The molecule has 1 aliphatic rings. The van der Waals surface area contributed by atoms with E-state index in [1.165, 1.54) is 19.3 Å². The van der Waals surface area contributed by atoms with Gasteiger partial charge in [0.2, 0.25) is 0 Å². The number of carbonyl (C=O) groups is 1. The number of fused-ring (bicyclic) bond motifs is 1. The topological polar surface area (TPSA) is 34.9 Å². The Morgan fingerprint density at radius 1 is 1.44 bits per heavy atom. The summed E-state index contributed by atoms with van der Waals surface area (Å²) in [7, 11) is 0. The summed E-state index contributed by atoms with van der Waals surface area (Å²) >= 11 is 0. The van der Waals surface area contributed by atoms with Crippen LogP contribution in [0, 0.1) is 5.92 Å². The summed E-state index contributed by atoms with van der Waals surface area (Å²) in [5.41, 5.74) is 2.77. The van der Waals surface area contributed by atoms with Gasteiger partial charge < -0.3 is 4.57 Å². The van der Waals surface area contributed by atoms with E-state index in [1.807, 2.05) is 24.5 Å². The molecular formula is C13H14N2O. The highest BCUT2D eigenvalue weighted by atomic mass is 16.1. The van der Waals surface area contributed by atoms with Crippen LogP contribution in [0.15, 0.2) is 24.5 Å². The van der Waals surface area contributed by atoms with E-state index in [0.717, 1.165) is 35.3 Å². The van der Waals surface area contributed by atoms with Crippen molar-refractivity contribution >= 4 is 17.3 Å². The van der Waals surface area contributed by atoms with Gasteiger partial charge in [0.05, 0.1) is 17.4 Å². The van der Waals surface area contributed by atoms with Crippen LogP contribution in [0.25, 0.3) is 11.0 Å². The Balaban J connectivity index is 1.92. The molecule has 82 valence electrons. The zero-order chi connectivity index (χ0) is 11.0. The molecule has 0 unspecified atom stereocenters. The zero-order valence-electron chi connectivity index (χ0n) is 9.10. The average molecular weight is 214 g/mol. The minimum absolute atomic E-state index is 0.723. The van der Waals surface area contributed by atoms with Crippen molar-refractivity contribution in [1.29, 1.82) is 0 Å². The van der Waals surface area contributed by atoms with Crippen molar-refractivity contribution in [3.05, 3.63) is 30.1 Å². The molecule has 1 saturated carbocycles. The molecule has 3 heteroatoms. The standard InChI is InChI=1S/C13H14N2O/c16-8-11-3-4-12-13(7-11)15(9-14-12)6-5-10-1-2-10/h3-4,7-10H,1-2,5-6H2. The van der Waals surface area contributed by atoms with Gasteiger partial charge in [0.15, 0.2) is 0 Å². The fourth-order valence-corrected chi connectivity index (χ4v) is 2.05. The van der Waals surface area contributed by atoms with E-state index in [1.54, 1.807) is 0 Å². The molecule has 0 bridgehead atoms. The monoisotopic (exact) mass is 214 g/mol. The molecule has 1 aromatic carbocycles. The summed E-state index contributed by atoms with van der Waals surface area (Å²) in [6, 6.07) is 5.64. The largest absolute Gasteiger partial charge is 0.331 e. The molecule has 1 aromatic heterocycles. The first-order valence-corrected chi connectivity index (χ1v) is 5.77. The van der Waals surface area contributed by atoms with Crippen LogP contribution in [0.3, 0.4) is 0 Å². The van der Waals surface area contributed by atoms with Gasteiger partial charge in [-0.1, -0.05) is 12.8 Å². The van der Waals surface area contributed by atoms with Crippen LogP contribution in [0.5, 0.6) is 0 Å². The third-order valence-corrected chi connectivity index (χ3v) is 3.26. The van der Waals surface area contributed by atoms with Crippen LogP contribution >= 0.6 is 0 Å². The third-order valence-electron chi connectivity index (χ3n) is 3.26. The number of aldehydes is 1. The molecule has 0 amide bonds. The number of aromatic nitrogens is 2. The van der Waals surface area contributed by atoms with Crippen LogP contribution in [0.4, 0.5) is 0 Å². The molecule has 3 rings (SSSR count). The maximum absolute atomic E-state index is 10.7. The molecule has 0 radical (unpaired) electrons. The Bertz CT molecular complexity index is 526. The van der Waals surface area contributed by atoms with Crippen molar-refractivity contribution in [2.45, 2.75) is 25.8 Å². The Kier molecular flexibility index (Phi) is 2.24. The molecule has 0 saturated heterocycles. The highest BCUT2D eigenvalue weighted by Crippen LogP contribution is 2.33. The molecule has 3 nitrogen and oxygen atoms in total. The first-order valence-electron chi connectivity index (χ1n) is 5.77. The summed E-state index contributed by atoms with van der Waals surface area (Å²) in [5.74, 6) is 0.923. The Morgan fingerprint density at radius 2 is 2.31 bits per heavy atom. The lowest BCUT2D eigenvalue weighted by molar-refractivity contribution is 0.112. The van der Waals surface area contributed by atoms with Gasteiger partial charge in [-0.2, -0.15) is 0 Å². The highest BCUT2D eigenvalue weighted by Gasteiger charge is 2.20. The van der Waals surface area contributed by atoms with Gasteiger partial charge >= 0.3 is 0 Å². The van der Waals surface area contributed by atoms with E-state index in [-0.39, 0.29) is 0 Å². The number of benzene rings is 1. The lowest BCUT2D eigenvalue weighted by Gasteiger charge is -2.03. The van der Waals surface area contributed by atoms with Crippen molar-refractivity contribution in [2.24, 2.45) is 5.92 Å². The van der Waals surface area contributed by atoms with Crippen molar-refractivity contribution < 1.29 is 4.79 Å². The molecule has 0 spiro atoms. The Hall–Kier alpha value is -1.64. The van der Waals surface area contributed by atoms with Gasteiger partial charge in [-0.3, -0.25) is 4.79 Å². The normalized spacial score (nSPS) is 15.5. The second kappa shape index (κ2) is 3.74. The van der Waals surface area contributed by atoms with E-state index < -0.39 is 0 Å². The Morgan fingerprint density at radius 3 is 3.06 bits per heavy atom. The molecule has 2 aromatic rings. The highest BCUT2D eigenvalue weighted by molar-refractivity contribution is 5.84. The number of carbonyl (C=O) groups excluding carboxylic acids is 1. The predicted molar refractivity (Wildman–Crippen MR) is 62.5 cm³/mol. The summed E-state index contributed by atoms with van der Waals surface area (Å²) < 4.78 is 2.15. The number of hydrogen-bond donors (Lipinski definition) is 0. The van der Waals surface area contributed by atoms with Crippen molar-refractivity contribution in [3.8, 4) is 0 Å². The van der Waals surface area contributed by atoms with Crippen LogP contribution in [-0.2, 0) is 6.54 Å². The lowest BCUT2D eigenvalue weighted by atomic mass is 10.2. The quantitative estimate of drug-likeness (QED) is 0.733.